The van der Waals surface area contributed by atoms with Crippen molar-refractivity contribution >= 4 is 29.2 Å². The third kappa shape index (κ3) is 3.87. The number of hydrogen-bond donors (Lipinski definition) is 2. The molecule has 3 aliphatic rings. The molecule has 1 amide bonds. The summed E-state index contributed by atoms with van der Waals surface area (Å²) >= 11 is 0. The highest BCUT2D eigenvalue weighted by Gasteiger charge is 2.40. The fourth-order valence-electron chi connectivity index (χ4n) is 5.82. The molecule has 2 unspecified atom stereocenters. The van der Waals surface area contributed by atoms with Crippen LogP contribution in [0, 0.1) is 11.8 Å². The van der Waals surface area contributed by atoms with Gasteiger partial charge >= 0.3 is 0 Å². The summed E-state index contributed by atoms with van der Waals surface area (Å²) in [5.41, 5.74) is 7.48. The van der Waals surface area contributed by atoms with E-state index in [1.807, 2.05) is 4.57 Å². The molecule has 2 bridgehead atoms. The van der Waals surface area contributed by atoms with Crippen molar-refractivity contribution in [3.63, 3.8) is 0 Å². The Hall–Kier alpha value is -1.92. The third-order valence-electron chi connectivity index (χ3n) is 7.25. The normalized spacial score (nSPS) is 28.2. The number of rotatable bonds is 2. The first-order chi connectivity index (χ1) is 14.1. The van der Waals surface area contributed by atoms with Crippen molar-refractivity contribution in [2.45, 2.75) is 76.4 Å². The Labute approximate surface area is 183 Å². The molecule has 2 aromatic rings. The van der Waals surface area contributed by atoms with Gasteiger partial charge in [-0.25, -0.2) is 4.98 Å². The van der Waals surface area contributed by atoms with Crippen molar-refractivity contribution in [2.75, 3.05) is 0 Å². The Morgan fingerprint density at radius 1 is 1.10 bits per heavy atom. The Morgan fingerprint density at radius 2 is 1.87 bits per heavy atom. The molecule has 2 heterocycles. The first-order valence-corrected chi connectivity index (χ1v) is 11.2. The highest BCUT2D eigenvalue weighted by atomic mass is 35.5. The second-order valence-corrected chi connectivity index (χ2v) is 9.21. The molecular weight excluding hydrogens is 400 g/mol. The fraction of sp³-hybridized carbons (Fsp3) is 0.609. The number of nitrogens with two attached hydrogens (primary N) is 1. The molecule has 1 aliphatic heterocycles. The number of aromatic nitrogens is 2. The van der Waals surface area contributed by atoms with E-state index in [9.17, 15) is 9.59 Å². The van der Waals surface area contributed by atoms with Crippen LogP contribution in [0.2, 0.25) is 0 Å². The number of nitrogens with one attached hydrogen (secondary N) is 1. The summed E-state index contributed by atoms with van der Waals surface area (Å²) in [5, 5.41) is 3.91. The van der Waals surface area contributed by atoms with E-state index in [2.05, 4.69) is 5.32 Å². The lowest BCUT2D eigenvalue weighted by Gasteiger charge is -2.45. The molecule has 3 N–H and O–H groups in total. The zero-order chi connectivity index (χ0) is 20.0. The summed E-state index contributed by atoms with van der Waals surface area (Å²) in [6.45, 7) is 0.742. The Balaban J connectivity index is 0.00000218. The quantitative estimate of drug-likeness (QED) is 0.765. The number of halogens is 1. The average Bonchev–Trinajstić information content (AvgIpc) is 2.94. The second-order valence-electron chi connectivity index (χ2n) is 9.21. The number of benzene rings is 1. The Morgan fingerprint density at radius 3 is 2.63 bits per heavy atom. The van der Waals surface area contributed by atoms with Gasteiger partial charge in [0, 0.05) is 30.6 Å². The highest BCUT2D eigenvalue weighted by Crippen LogP contribution is 2.39. The van der Waals surface area contributed by atoms with Gasteiger partial charge in [-0.1, -0.05) is 12.8 Å². The molecule has 0 radical (unpaired) electrons. The number of fused-ring (bicyclic) bond motifs is 4. The summed E-state index contributed by atoms with van der Waals surface area (Å²) in [4.78, 5) is 30.7. The van der Waals surface area contributed by atoms with Crippen LogP contribution >= 0.6 is 12.4 Å². The summed E-state index contributed by atoms with van der Waals surface area (Å²) < 4.78 is 1.82. The maximum Gasteiger partial charge on any atom is 0.261 e. The molecule has 2 atom stereocenters. The summed E-state index contributed by atoms with van der Waals surface area (Å²) in [5.74, 6) is 1.77. The zero-order valence-corrected chi connectivity index (χ0v) is 18.1. The van der Waals surface area contributed by atoms with Gasteiger partial charge in [-0.3, -0.25) is 14.2 Å². The van der Waals surface area contributed by atoms with E-state index in [4.69, 9.17) is 10.7 Å². The van der Waals surface area contributed by atoms with Gasteiger partial charge in [0.1, 0.15) is 5.82 Å². The van der Waals surface area contributed by atoms with E-state index in [-0.39, 0.29) is 36.0 Å². The van der Waals surface area contributed by atoms with E-state index < -0.39 is 0 Å². The molecule has 7 heteroatoms. The lowest BCUT2D eigenvalue weighted by atomic mass is 9.67. The van der Waals surface area contributed by atoms with Crippen molar-refractivity contribution in [1.82, 2.24) is 14.9 Å². The van der Waals surface area contributed by atoms with Gasteiger partial charge < -0.3 is 11.1 Å². The molecule has 1 aromatic carbocycles. The topological polar surface area (TPSA) is 90.0 Å². The van der Waals surface area contributed by atoms with E-state index in [1.165, 1.54) is 6.42 Å². The summed E-state index contributed by atoms with van der Waals surface area (Å²) in [7, 11) is 0. The van der Waals surface area contributed by atoms with Crippen LogP contribution in [0.25, 0.3) is 10.9 Å². The second kappa shape index (κ2) is 8.67. The molecule has 2 saturated carbocycles. The zero-order valence-electron chi connectivity index (χ0n) is 17.3. The molecule has 0 saturated heterocycles. The lowest BCUT2D eigenvalue weighted by Crippen LogP contribution is -2.53. The van der Waals surface area contributed by atoms with E-state index >= 15 is 0 Å². The van der Waals surface area contributed by atoms with Gasteiger partial charge in [-0.15, -0.1) is 12.4 Å². The van der Waals surface area contributed by atoms with Gasteiger partial charge in [0.2, 0.25) is 0 Å². The van der Waals surface area contributed by atoms with Crippen molar-refractivity contribution < 1.29 is 4.79 Å². The molecule has 162 valence electrons. The monoisotopic (exact) mass is 430 g/mol. The minimum atomic E-state index is -0.0545. The van der Waals surface area contributed by atoms with Crippen LogP contribution in [0.5, 0.6) is 0 Å². The van der Waals surface area contributed by atoms with Gasteiger partial charge in [0.15, 0.2) is 0 Å². The number of carbonyl (C=O) groups excluding carboxylic acids is 1. The lowest BCUT2D eigenvalue weighted by molar-refractivity contribution is 0.0756. The molecule has 2 aliphatic carbocycles. The van der Waals surface area contributed by atoms with Crippen molar-refractivity contribution in [1.29, 1.82) is 0 Å². The maximum atomic E-state index is 13.0. The predicted molar refractivity (Wildman–Crippen MR) is 120 cm³/mol. The Bertz CT molecular complexity index is 991. The van der Waals surface area contributed by atoms with Crippen LogP contribution < -0.4 is 16.6 Å². The molecule has 5 rings (SSSR count). The molecule has 2 fully saturated rings. The van der Waals surface area contributed by atoms with Crippen molar-refractivity contribution in [2.24, 2.45) is 17.6 Å². The van der Waals surface area contributed by atoms with Gasteiger partial charge in [0.25, 0.3) is 11.5 Å². The molecular formula is C23H31ClN4O2. The maximum absolute atomic E-state index is 13.0. The summed E-state index contributed by atoms with van der Waals surface area (Å²) in [6, 6.07) is 5.83. The number of aryl methyl sites for hydroxylation is 1. The van der Waals surface area contributed by atoms with Crippen molar-refractivity contribution in [3.05, 3.63) is 39.9 Å². The van der Waals surface area contributed by atoms with Crippen LogP contribution in [-0.4, -0.2) is 27.5 Å². The van der Waals surface area contributed by atoms with Gasteiger partial charge in [-0.05, 0) is 68.6 Å². The van der Waals surface area contributed by atoms with Crippen LogP contribution in [0.3, 0.4) is 0 Å². The number of carbonyl (C=O) groups is 1. The number of amides is 1. The van der Waals surface area contributed by atoms with Crippen LogP contribution in [0.4, 0.5) is 0 Å². The molecule has 1 aromatic heterocycles. The fourth-order valence-corrected chi connectivity index (χ4v) is 5.82. The van der Waals surface area contributed by atoms with Crippen LogP contribution in [-0.2, 0) is 13.0 Å². The molecule has 6 nitrogen and oxygen atoms in total. The SMILES string of the molecule is Cl.NC1CC2CCCC(C1)C2NC(=O)c1ccc2c(=O)n3c(nc2c1)CCCCC3. The number of nitrogens with zero attached hydrogens (tertiary/aromatic N) is 2. The third-order valence-corrected chi connectivity index (χ3v) is 7.25. The van der Waals surface area contributed by atoms with E-state index in [0.29, 0.717) is 28.3 Å². The van der Waals surface area contributed by atoms with Crippen LogP contribution in [0.1, 0.15) is 67.5 Å². The van der Waals surface area contributed by atoms with Gasteiger partial charge in [-0.2, -0.15) is 0 Å². The molecule has 0 spiro atoms. The molecule has 30 heavy (non-hydrogen) atoms. The average molecular weight is 431 g/mol. The van der Waals surface area contributed by atoms with Gasteiger partial charge in [0.05, 0.1) is 10.9 Å². The van der Waals surface area contributed by atoms with E-state index in [1.54, 1.807) is 18.2 Å². The largest absolute Gasteiger partial charge is 0.349 e. The Kier molecular flexibility index (Phi) is 6.16. The van der Waals surface area contributed by atoms with E-state index in [0.717, 1.165) is 63.7 Å². The highest BCUT2D eigenvalue weighted by molar-refractivity contribution is 5.97. The predicted octanol–water partition coefficient (Wildman–Crippen LogP) is 3.18. The minimum Gasteiger partial charge on any atom is -0.349 e. The first-order valence-electron chi connectivity index (χ1n) is 11.2. The van der Waals surface area contributed by atoms with Crippen LogP contribution in [0.15, 0.2) is 23.0 Å². The van der Waals surface area contributed by atoms with Crippen molar-refractivity contribution in [3.8, 4) is 0 Å². The first kappa shape index (κ1) is 21.3. The smallest absolute Gasteiger partial charge is 0.261 e. The standard InChI is InChI=1S/C23H30N4O2.ClH/c24-17-11-14-5-4-6-15(12-17)21(14)26-22(28)16-8-9-18-19(13-16)25-20-7-2-1-3-10-27(20)23(18)29;/h8-9,13-15,17,21H,1-7,10-12,24H2,(H,26,28);1H. The minimum absolute atomic E-state index is 0. The number of hydrogen-bond acceptors (Lipinski definition) is 4. The summed E-state index contributed by atoms with van der Waals surface area (Å²) in [6.07, 6.45) is 9.58.